The standard InChI is InChI=1S/C17H22N4O2/c1-11-4-3-5-13(6-11)16-14(7-19-20-16)9-21-8-12(2)23-15(10-21)17(18)22/h3-7,12,15H,8-10H2,1-2H3,(H2,18,22)(H,19,20)/t12-,15-/m1/s1. The van der Waals surface area contributed by atoms with E-state index in [9.17, 15) is 4.79 Å². The lowest BCUT2D eigenvalue weighted by atomic mass is 10.0. The molecule has 0 saturated carbocycles. The maximum Gasteiger partial charge on any atom is 0.247 e. The molecule has 0 radical (unpaired) electrons. The number of rotatable bonds is 4. The molecule has 3 rings (SSSR count). The van der Waals surface area contributed by atoms with Gasteiger partial charge in [-0.15, -0.1) is 0 Å². The Hall–Kier alpha value is -2.18. The summed E-state index contributed by atoms with van der Waals surface area (Å²) in [6, 6.07) is 8.30. The number of H-pyrrole nitrogens is 1. The molecule has 1 saturated heterocycles. The van der Waals surface area contributed by atoms with Crippen LogP contribution < -0.4 is 5.73 Å². The number of carbonyl (C=O) groups is 1. The van der Waals surface area contributed by atoms with Crippen molar-refractivity contribution in [3.63, 3.8) is 0 Å². The average molecular weight is 314 g/mol. The minimum absolute atomic E-state index is 0.0180. The number of benzene rings is 1. The third-order valence-electron chi connectivity index (χ3n) is 4.07. The van der Waals surface area contributed by atoms with Crippen LogP contribution in [0.2, 0.25) is 0 Å². The quantitative estimate of drug-likeness (QED) is 0.895. The lowest BCUT2D eigenvalue weighted by molar-refractivity contribution is -0.142. The molecule has 1 amide bonds. The molecule has 1 aromatic carbocycles. The van der Waals surface area contributed by atoms with E-state index in [0.717, 1.165) is 23.4 Å². The summed E-state index contributed by atoms with van der Waals surface area (Å²) in [5.41, 5.74) is 9.84. The van der Waals surface area contributed by atoms with E-state index in [1.54, 1.807) is 0 Å². The highest BCUT2D eigenvalue weighted by molar-refractivity contribution is 5.79. The third-order valence-corrected chi connectivity index (χ3v) is 4.07. The zero-order valence-corrected chi connectivity index (χ0v) is 13.5. The summed E-state index contributed by atoms with van der Waals surface area (Å²) in [5.74, 6) is -0.410. The second-order valence-electron chi connectivity index (χ2n) is 6.17. The molecule has 6 nitrogen and oxygen atoms in total. The number of aromatic nitrogens is 2. The van der Waals surface area contributed by atoms with Crippen LogP contribution in [-0.4, -0.2) is 46.3 Å². The molecule has 1 aromatic heterocycles. The molecule has 0 aliphatic carbocycles. The highest BCUT2D eigenvalue weighted by atomic mass is 16.5. The molecular formula is C17H22N4O2. The zero-order chi connectivity index (χ0) is 16.4. The highest BCUT2D eigenvalue weighted by Gasteiger charge is 2.29. The van der Waals surface area contributed by atoms with Gasteiger partial charge in [0.1, 0.15) is 6.10 Å². The molecule has 3 N–H and O–H groups in total. The largest absolute Gasteiger partial charge is 0.367 e. The maximum absolute atomic E-state index is 11.4. The number of hydrogen-bond donors (Lipinski definition) is 2. The van der Waals surface area contributed by atoms with Crippen molar-refractivity contribution < 1.29 is 9.53 Å². The van der Waals surface area contributed by atoms with Gasteiger partial charge in [0.2, 0.25) is 5.91 Å². The molecular weight excluding hydrogens is 292 g/mol. The molecule has 6 heteroatoms. The van der Waals surface area contributed by atoms with Crippen LogP contribution in [0.25, 0.3) is 11.3 Å². The molecule has 0 unspecified atom stereocenters. The number of aromatic amines is 1. The predicted octanol–water partition coefficient (Wildman–Crippen LogP) is 1.46. The first-order valence-corrected chi connectivity index (χ1v) is 7.79. The Balaban J connectivity index is 1.79. The van der Waals surface area contributed by atoms with Gasteiger partial charge in [0.25, 0.3) is 0 Å². The monoisotopic (exact) mass is 314 g/mol. The van der Waals surface area contributed by atoms with Crippen LogP contribution in [0.4, 0.5) is 0 Å². The van der Waals surface area contributed by atoms with E-state index in [0.29, 0.717) is 13.1 Å². The van der Waals surface area contributed by atoms with E-state index in [2.05, 4.69) is 40.2 Å². The third kappa shape index (κ3) is 3.60. The fourth-order valence-electron chi connectivity index (χ4n) is 3.05. The Morgan fingerprint density at radius 3 is 3.04 bits per heavy atom. The van der Waals surface area contributed by atoms with Crippen LogP contribution in [-0.2, 0) is 16.1 Å². The van der Waals surface area contributed by atoms with Gasteiger partial charge in [-0.25, -0.2) is 0 Å². The summed E-state index contributed by atoms with van der Waals surface area (Å²) >= 11 is 0. The van der Waals surface area contributed by atoms with Gasteiger partial charge in [-0.3, -0.25) is 14.8 Å². The Labute approximate surface area is 135 Å². The van der Waals surface area contributed by atoms with Crippen molar-refractivity contribution in [2.75, 3.05) is 13.1 Å². The molecule has 2 aromatic rings. The van der Waals surface area contributed by atoms with Gasteiger partial charge in [0, 0.05) is 30.8 Å². The second-order valence-corrected chi connectivity index (χ2v) is 6.17. The molecule has 1 fully saturated rings. The number of nitrogens with two attached hydrogens (primary N) is 1. The van der Waals surface area contributed by atoms with E-state index < -0.39 is 12.0 Å². The van der Waals surface area contributed by atoms with Crippen molar-refractivity contribution >= 4 is 5.91 Å². The Kier molecular flexibility index (Phi) is 4.45. The van der Waals surface area contributed by atoms with E-state index in [1.165, 1.54) is 5.56 Å². The first-order chi connectivity index (χ1) is 11.0. The molecule has 0 bridgehead atoms. The summed E-state index contributed by atoms with van der Waals surface area (Å²) in [4.78, 5) is 13.6. The maximum atomic E-state index is 11.4. The number of hydrogen-bond acceptors (Lipinski definition) is 4. The lowest BCUT2D eigenvalue weighted by Crippen LogP contribution is -2.51. The fraction of sp³-hybridized carbons (Fsp3) is 0.412. The van der Waals surface area contributed by atoms with Crippen LogP contribution in [0.3, 0.4) is 0 Å². The SMILES string of the molecule is Cc1cccc(-c2[nH]ncc2CN2C[C@@H](C)O[C@@H](C(N)=O)C2)c1. The van der Waals surface area contributed by atoms with Gasteiger partial charge in [-0.05, 0) is 19.9 Å². The first kappa shape index (κ1) is 15.7. The Morgan fingerprint density at radius 1 is 1.48 bits per heavy atom. The number of morpholine rings is 1. The minimum atomic E-state index is -0.548. The van der Waals surface area contributed by atoms with Crippen molar-refractivity contribution in [3.8, 4) is 11.3 Å². The fourth-order valence-corrected chi connectivity index (χ4v) is 3.05. The van der Waals surface area contributed by atoms with Gasteiger partial charge in [-0.1, -0.05) is 23.8 Å². The summed E-state index contributed by atoms with van der Waals surface area (Å²) in [6.07, 6.45) is 1.28. The van der Waals surface area contributed by atoms with Crippen molar-refractivity contribution in [2.45, 2.75) is 32.6 Å². The molecule has 122 valence electrons. The van der Waals surface area contributed by atoms with Crippen molar-refractivity contribution in [1.82, 2.24) is 15.1 Å². The van der Waals surface area contributed by atoms with E-state index in [-0.39, 0.29) is 6.10 Å². The van der Waals surface area contributed by atoms with Crippen LogP contribution in [0.1, 0.15) is 18.1 Å². The zero-order valence-electron chi connectivity index (χ0n) is 13.5. The molecule has 2 atom stereocenters. The van der Waals surface area contributed by atoms with Gasteiger partial charge in [0.05, 0.1) is 18.0 Å². The van der Waals surface area contributed by atoms with Crippen LogP contribution >= 0.6 is 0 Å². The molecule has 0 spiro atoms. The van der Waals surface area contributed by atoms with Crippen LogP contribution in [0.15, 0.2) is 30.5 Å². The summed E-state index contributed by atoms with van der Waals surface area (Å²) < 4.78 is 5.59. The first-order valence-electron chi connectivity index (χ1n) is 7.79. The number of ether oxygens (including phenoxy) is 1. The van der Waals surface area contributed by atoms with E-state index in [4.69, 9.17) is 10.5 Å². The van der Waals surface area contributed by atoms with Crippen molar-refractivity contribution in [1.29, 1.82) is 0 Å². The van der Waals surface area contributed by atoms with Gasteiger partial charge in [0.15, 0.2) is 0 Å². The number of primary amides is 1. The summed E-state index contributed by atoms with van der Waals surface area (Å²) in [5, 5.41) is 7.28. The van der Waals surface area contributed by atoms with Gasteiger partial charge < -0.3 is 10.5 Å². The molecule has 23 heavy (non-hydrogen) atoms. The smallest absolute Gasteiger partial charge is 0.247 e. The van der Waals surface area contributed by atoms with Crippen molar-refractivity contribution in [2.24, 2.45) is 5.73 Å². The second kappa shape index (κ2) is 6.52. The molecule has 1 aliphatic rings. The van der Waals surface area contributed by atoms with E-state index >= 15 is 0 Å². The Bertz CT molecular complexity index is 697. The number of nitrogens with zero attached hydrogens (tertiary/aromatic N) is 2. The number of nitrogens with one attached hydrogen (secondary N) is 1. The van der Waals surface area contributed by atoms with Crippen molar-refractivity contribution in [3.05, 3.63) is 41.6 Å². The number of aryl methyl sites for hydroxylation is 1. The number of carbonyl (C=O) groups excluding carboxylic acids is 1. The summed E-state index contributed by atoms with van der Waals surface area (Å²) in [6.45, 7) is 6.01. The topological polar surface area (TPSA) is 84.2 Å². The highest BCUT2D eigenvalue weighted by Crippen LogP contribution is 2.24. The normalized spacial score (nSPS) is 22.2. The minimum Gasteiger partial charge on any atom is -0.367 e. The Morgan fingerprint density at radius 2 is 2.30 bits per heavy atom. The van der Waals surface area contributed by atoms with Crippen LogP contribution in [0.5, 0.6) is 0 Å². The number of amides is 1. The molecule has 2 heterocycles. The summed E-state index contributed by atoms with van der Waals surface area (Å²) in [7, 11) is 0. The molecule has 1 aliphatic heterocycles. The predicted molar refractivity (Wildman–Crippen MR) is 87.6 cm³/mol. The average Bonchev–Trinajstić information content (AvgIpc) is 2.94. The lowest BCUT2D eigenvalue weighted by Gasteiger charge is -2.35. The van der Waals surface area contributed by atoms with Crippen LogP contribution in [0, 0.1) is 6.92 Å². The van der Waals surface area contributed by atoms with E-state index in [1.807, 2.05) is 19.2 Å². The van der Waals surface area contributed by atoms with Gasteiger partial charge >= 0.3 is 0 Å². The van der Waals surface area contributed by atoms with Gasteiger partial charge in [-0.2, -0.15) is 5.10 Å².